The lowest BCUT2D eigenvalue weighted by Gasteiger charge is -2.13. The average Bonchev–Trinajstić information content (AvgIpc) is 2.33. The highest BCUT2D eigenvalue weighted by molar-refractivity contribution is 6.25. The fourth-order valence-corrected chi connectivity index (χ4v) is 1.85. The van der Waals surface area contributed by atoms with Gasteiger partial charge in [0.1, 0.15) is 0 Å². The van der Waals surface area contributed by atoms with Gasteiger partial charge >= 0.3 is 0 Å². The minimum atomic E-state index is 0.808. The van der Waals surface area contributed by atoms with E-state index in [1.807, 2.05) is 0 Å². The second-order valence-corrected chi connectivity index (χ2v) is 3.94. The van der Waals surface area contributed by atoms with Gasteiger partial charge in [0.2, 0.25) is 0 Å². The zero-order valence-corrected chi connectivity index (χ0v) is 8.53. The highest BCUT2D eigenvalue weighted by Crippen LogP contribution is 2.19. The van der Waals surface area contributed by atoms with Gasteiger partial charge in [-0.25, -0.2) is 0 Å². The maximum absolute atomic E-state index is 5.63. The number of halogens is 1. The molecule has 1 heterocycles. The largest absolute Gasteiger partial charge is 0.316 e. The minimum absolute atomic E-state index is 0.808. The van der Waals surface area contributed by atoms with Crippen LogP contribution in [0.5, 0.6) is 0 Å². The lowest BCUT2D eigenvalue weighted by atomic mass is 9.96. The van der Waals surface area contributed by atoms with Gasteiger partial charge in [-0.05, 0) is 45.2 Å². The van der Waals surface area contributed by atoms with Gasteiger partial charge in [-0.15, -0.1) is 0 Å². The third kappa shape index (κ3) is 3.59. The van der Waals surface area contributed by atoms with Crippen LogP contribution in [0, 0.1) is 5.92 Å². The summed E-state index contributed by atoms with van der Waals surface area (Å²) in [5.74, 6) is 0.808. The van der Waals surface area contributed by atoms with Crippen molar-refractivity contribution in [1.29, 1.82) is 0 Å². The number of hydrogen-bond donors (Lipinski definition) is 1. The molecule has 0 spiro atoms. The second-order valence-electron chi connectivity index (χ2n) is 3.73. The minimum Gasteiger partial charge on any atom is -0.316 e. The lowest BCUT2D eigenvalue weighted by Crippen LogP contribution is -2.20. The van der Waals surface area contributed by atoms with Gasteiger partial charge in [0.05, 0.1) is 0 Å². The number of rotatable bonds is 2. The lowest BCUT2D eigenvalue weighted by molar-refractivity contribution is 0.476. The van der Waals surface area contributed by atoms with Crippen molar-refractivity contribution < 1.29 is 0 Å². The van der Waals surface area contributed by atoms with E-state index in [0.717, 1.165) is 12.3 Å². The monoisotopic (exact) mass is 187 g/mol. The van der Waals surface area contributed by atoms with Crippen molar-refractivity contribution in [3.63, 3.8) is 0 Å². The maximum atomic E-state index is 5.63. The predicted molar refractivity (Wildman–Crippen MR) is 54.4 cm³/mol. The molecule has 1 aliphatic heterocycles. The second kappa shape index (κ2) is 5.60. The molecule has 2 heteroatoms. The molecule has 70 valence electrons. The van der Waals surface area contributed by atoms with Crippen LogP contribution in [0.1, 0.15) is 32.6 Å². The highest BCUT2D eigenvalue weighted by atomic mass is 35.5. The smallest absolute Gasteiger partial charge is 0.00317 e. The van der Waals surface area contributed by atoms with Crippen molar-refractivity contribution in [2.24, 2.45) is 5.92 Å². The Labute approximate surface area is 80.2 Å². The Morgan fingerprint density at radius 1 is 1.58 bits per heavy atom. The first-order chi connectivity index (χ1) is 5.83. The molecule has 0 amide bonds. The van der Waals surface area contributed by atoms with E-state index < -0.39 is 0 Å². The normalized spacial score (nSPS) is 26.8. The van der Waals surface area contributed by atoms with Crippen LogP contribution in [-0.4, -0.2) is 13.1 Å². The Balaban J connectivity index is 2.29. The van der Waals surface area contributed by atoms with E-state index >= 15 is 0 Å². The first-order valence-corrected chi connectivity index (χ1v) is 5.23. The Hall–Kier alpha value is -0.0100. The molecule has 1 N–H and O–H groups in total. The van der Waals surface area contributed by atoms with Crippen LogP contribution in [0.3, 0.4) is 0 Å². The SMILES string of the molecule is CC(=CCl)CC1CCCCNC1. The summed E-state index contributed by atoms with van der Waals surface area (Å²) in [6.45, 7) is 4.47. The van der Waals surface area contributed by atoms with E-state index in [-0.39, 0.29) is 0 Å². The van der Waals surface area contributed by atoms with Crippen LogP contribution < -0.4 is 5.32 Å². The molecule has 0 radical (unpaired) electrons. The molecule has 1 nitrogen and oxygen atoms in total. The molecule has 1 atom stereocenters. The van der Waals surface area contributed by atoms with Gasteiger partial charge in [-0.1, -0.05) is 23.6 Å². The van der Waals surface area contributed by atoms with Gasteiger partial charge in [-0.2, -0.15) is 0 Å². The van der Waals surface area contributed by atoms with Crippen LogP contribution in [0.2, 0.25) is 0 Å². The fraction of sp³-hybridized carbons (Fsp3) is 0.800. The van der Waals surface area contributed by atoms with Crippen molar-refractivity contribution >= 4 is 11.6 Å². The topological polar surface area (TPSA) is 12.0 Å². The number of allylic oxidation sites excluding steroid dienone is 1. The van der Waals surface area contributed by atoms with Crippen LogP contribution in [-0.2, 0) is 0 Å². The summed E-state index contributed by atoms with van der Waals surface area (Å²) in [6, 6.07) is 0. The van der Waals surface area contributed by atoms with Gasteiger partial charge in [0, 0.05) is 5.54 Å². The standard InChI is InChI=1S/C10H18ClN/c1-9(7-11)6-10-4-2-3-5-12-8-10/h7,10,12H,2-6,8H2,1H3. The Kier molecular flexibility index (Phi) is 4.70. The molecule has 0 bridgehead atoms. The maximum Gasteiger partial charge on any atom is 0.00317 e. The molecule has 1 unspecified atom stereocenters. The fourth-order valence-electron chi connectivity index (χ4n) is 1.77. The summed E-state index contributed by atoms with van der Waals surface area (Å²) in [5.41, 5.74) is 3.02. The first kappa shape index (κ1) is 10.1. The average molecular weight is 188 g/mol. The van der Waals surface area contributed by atoms with E-state index in [0.29, 0.717) is 0 Å². The summed E-state index contributed by atoms with van der Waals surface area (Å²) in [5, 5.41) is 3.46. The molecule has 0 aromatic heterocycles. The Morgan fingerprint density at radius 2 is 2.42 bits per heavy atom. The van der Waals surface area contributed by atoms with Crippen molar-refractivity contribution in [3.05, 3.63) is 11.1 Å². The molecule has 1 aliphatic rings. The predicted octanol–water partition coefficient (Wildman–Crippen LogP) is 2.91. The van der Waals surface area contributed by atoms with Gasteiger partial charge in [0.15, 0.2) is 0 Å². The molecule has 0 aliphatic carbocycles. The van der Waals surface area contributed by atoms with Crippen molar-refractivity contribution in [2.45, 2.75) is 32.6 Å². The molecule has 1 saturated heterocycles. The van der Waals surface area contributed by atoms with Crippen molar-refractivity contribution in [3.8, 4) is 0 Å². The van der Waals surface area contributed by atoms with E-state index in [1.54, 1.807) is 5.54 Å². The van der Waals surface area contributed by atoms with Gasteiger partial charge in [0.25, 0.3) is 0 Å². The third-order valence-corrected chi connectivity index (χ3v) is 2.82. The highest BCUT2D eigenvalue weighted by Gasteiger charge is 2.11. The number of hydrogen-bond acceptors (Lipinski definition) is 1. The zero-order chi connectivity index (χ0) is 8.81. The summed E-state index contributed by atoms with van der Waals surface area (Å²) in [4.78, 5) is 0. The molecule has 1 fully saturated rings. The molecule has 0 saturated carbocycles. The summed E-state index contributed by atoms with van der Waals surface area (Å²) in [7, 11) is 0. The van der Waals surface area contributed by atoms with E-state index in [9.17, 15) is 0 Å². The molecule has 0 aromatic carbocycles. The summed E-state index contributed by atoms with van der Waals surface area (Å²) in [6.07, 6.45) is 5.22. The van der Waals surface area contributed by atoms with E-state index in [2.05, 4.69) is 12.2 Å². The molecule has 0 aromatic rings. The van der Waals surface area contributed by atoms with E-state index in [4.69, 9.17) is 11.6 Å². The van der Waals surface area contributed by atoms with Crippen molar-refractivity contribution in [1.82, 2.24) is 5.32 Å². The van der Waals surface area contributed by atoms with Gasteiger partial charge < -0.3 is 5.32 Å². The molecular weight excluding hydrogens is 170 g/mol. The summed E-state index contributed by atoms with van der Waals surface area (Å²) < 4.78 is 0. The van der Waals surface area contributed by atoms with Crippen molar-refractivity contribution in [2.75, 3.05) is 13.1 Å². The first-order valence-electron chi connectivity index (χ1n) is 4.79. The van der Waals surface area contributed by atoms with Crippen LogP contribution >= 0.6 is 11.6 Å². The Morgan fingerprint density at radius 3 is 3.17 bits per heavy atom. The molecule has 1 rings (SSSR count). The van der Waals surface area contributed by atoms with Crippen LogP contribution in [0.25, 0.3) is 0 Å². The molecule has 12 heavy (non-hydrogen) atoms. The number of nitrogens with one attached hydrogen (secondary N) is 1. The third-order valence-electron chi connectivity index (χ3n) is 2.45. The molecular formula is C10H18ClN. The zero-order valence-electron chi connectivity index (χ0n) is 7.78. The Bertz CT molecular complexity index is 146. The van der Waals surface area contributed by atoms with Crippen LogP contribution in [0.4, 0.5) is 0 Å². The van der Waals surface area contributed by atoms with Gasteiger partial charge in [-0.3, -0.25) is 0 Å². The van der Waals surface area contributed by atoms with Crippen LogP contribution in [0.15, 0.2) is 11.1 Å². The summed E-state index contributed by atoms with van der Waals surface area (Å²) >= 11 is 5.63. The quantitative estimate of drug-likeness (QED) is 0.701. The van der Waals surface area contributed by atoms with E-state index in [1.165, 1.54) is 37.9 Å².